The third kappa shape index (κ3) is 3.66. The molecule has 4 atom stereocenters. The second-order valence-electron chi connectivity index (χ2n) is 9.23. The van der Waals surface area contributed by atoms with Crippen LogP contribution in [0.3, 0.4) is 0 Å². The third-order valence-corrected chi connectivity index (χ3v) is 7.82. The van der Waals surface area contributed by atoms with E-state index in [0.717, 1.165) is 22.1 Å². The molecule has 3 aliphatic heterocycles. The molecule has 0 saturated carbocycles. The summed E-state index contributed by atoms with van der Waals surface area (Å²) in [6.45, 7) is 0. The van der Waals surface area contributed by atoms with Gasteiger partial charge in [-0.05, 0) is 47.5 Å². The van der Waals surface area contributed by atoms with Crippen molar-refractivity contribution in [3.8, 4) is 0 Å². The molecule has 1 N–H and O–H groups in total. The lowest BCUT2D eigenvalue weighted by atomic mass is 9.84. The lowest BCUT2D eigenvalue weighted by Crippen LogP contribution is -2.46. The minimum absolute atomic E-state index is 0.0404. The van der Waals surface area contributed by atoms with Gasteiger partial charge in [0.25, 0.3) is 5.69 Å². The molecule has 3 aromatic carbocycles. The van der Waals surface area contributed by atoms with Crippen LogP contribution in [0.1, 0.15) is 17.2 Å². The maximum absolute atomic E-state index is 13.8. The van der Waals surface area contributed by atoms with Gasteiger partial charge in [-0.2, -0.15) is 0 Å². The van der Waals surface area contributed by atoms with Crippen LogP contribution in [-0.4, -0.2) is 33.6 Å². The van der Waals surface area contributed by atoms with E-state index in [9.17, 15) is 24.5 Å². The molecule has 0 aromatic heterocycles. The number of amides is 3. The molecule has 0 aliphatic carbocycles. The number of carbonyl (C=O) groups is 3. The fourth-order valence-corrected chi connectivity index (χ4v) is 5.92. The number of hydrogen-bond acceptors (Lipinski definition) is 6. The normalized spacial score (nSPS) is 23.2. The van der Waals surface area contributed by atoms with Gasteiger partial charge in [0.15, 0.2) is 0 Å². The van der Waals surface area contributed by atoms with E-state index in [1.807, 2.05) is 30.3 Å². The largest absolute Gasteiger partial charge is 0.357 e. The lowest BCUT2D eigenvalue weighted by molar-refractivity contribution is -0.384. The zero-order chi connectivity index (χ0) is 26.7. The van der Waals surface area contributed by atoms with Crippen LogP contribution >= 0.6 is 23.2 Å². The fourth-order valence-electron chi connectivity index (χ4n) is 5.63. The molecule has 11 heteroatoms. The number of imide groups is 1. The summed E-state index contributed by atoms with van der Waals surface area (Å²) in [5.74, 6) is -3.36. The van der Waals surface area contributed by atoms with Crippen molar-refractivity contribution in [2.75, 3.05) is 10.2 Å². The molecule has 2 fully saturated rings. The Kier molecular flexibility index (Phi) is 5.70. The molecular weight excluding hydrogens is 531 g/mol. The first-order valence-corrected chi connectivity index (χ1v) is 12.4. The predicted octanol–water partition coefficient (Wildman–Crippen LogP) is 5.06. The Bertz CT molecular complexity index is 1560. The summed E-state index contributed by atoms with van der Waals surface area (Å²) < 4.78 is 0. The molecule has 3 aromatic rings. The third-order valence-electron chi connectivity index (χ3n) is 7.23. The van der Waals surface area contributed by atoms with Crippen LogP contribution in [0.5, 0.6) is 0 Å². The Labute approximate surface area is 226 Å². The van der Waals surface area contributed by atoms with Gasteiger partial charge in [-0.3, -0.25) is 24.5 Å². The number of anilines is 2. The van der Waals surface area contributed by atoms with E-state index >= 15 is 0 Å². The summed E-state index contributed by atoms with van der Waals surface area (Å²) in [6.07, 6.45) is 3.55. The topological polar surface area (TPSA) is 113 Å². The number of nitro groups is 1. The Morgan fingerprint density at radius 3 is 2.39 bits per heavy atom. The number of carbonyl (C=O) groups excluding carboxylic acids is 3. The van der Waals surface area contributed by atoms with Crippen LogP contribution < -0.4 is 10.2 Å². The number of nitrogens with zero attached hydrogens (tertiary/aromatic N) is 3. The highest BCUT2D eigenvalue weighted by molar-refractivity contribution is 6.34. The summed E-state index contributed by atoms with van der Waals surface area (Å²) in [5, 5.41) is 14.5. The summed E-state index contributed by atoms with van der Waals surface area (Å²) >= 11 is 12.2. The predicted molar refractivity (Wildman–Crippen MR) is 142 cm³/mol. The highest BCUT2D eigenvalue weighted by Crippen LogP contribution is 2.53. The van der Waals surface area contributed by atoms with Crippen LogP contribution in [0, 0.1) is 22.0 Å². The number of halogens is 2. The van der Waals surface area contributed by atoms with Crippen LogP contribution in [0.4, 0.5) is 17.1 Å². The molecule has 0 unspecified atom stereocenters. The highest BCUT2D eigenvalue weighted by atomic mass is 35.5. The van der Waals surface area contributed by atoms with E-state index in [1.165, 1.54) is 12.1 Å². The number of hydrogen-bond donors (Lipinski definition) is 1. The second kappa shape index (κ2) is 8.97. The van der Waals surface area contributed by atoms with Crippen molar-refractivity contribution in [1.82, 2.24) is 4.90 Å². The van der Waals surface area contributed by atoms with Crippen molar-refractivity contribution in [2.24, 2.45) is 11.8 Å². The van der Waals surface area contributed by atoms with Gasteiger partial charge in [-0.25, -0.2) is 4.90 Å². The van der Waals surface area contributed by atoms with E-state index in [2.05, 4.69) is 5.32 Å². The number of rotatable bonds is 4. The van der Waals surface area contributed by atoms with Crippen molar-refractivity contribution < 1.29 is 19.3 Å². The van der Waals surface area contributed by atoms with Gasteiger partial charge in [-0.15, -0.1) is 0 Å². The maximum Gasteiger partial charge on any atom is 0.271 e. The van der Waals surface area contributed by atoms with Crippen molar-refractivity contribution >= 4 is 64.1 Å². The molecule has 3 amide bonds. The number of nitro benzene ring substituents is 1. The van der Waals surface area contributed by atoms with E-state index in [-0.39, 0.29) is 16.4 Å². The van der Waals surface area contributed by atoms with Gasteiger partial charge < -0.3 is 10.2 Å². The molecule has 0 radical (unpaired) electrons. The zero-order valence-corrected chi connectivity index (χ0v) is 21.0. The van der Waals surface area contributed by atoms with Gasteiger partial charge >= 0.3 is 0 Å². The molecule has 9 nitrogen and oxygen atoms in total. The first kappa shape index (κ1) is 24.1. The number of nitrogens with one attached hydrogen (secondary N) is 1. The molecule has 190 valence electrons. The highest BCUT2D eigenvalue weighted by Gasteiger charge is 2.64. The average molecular weight is 549 g/mol. The smallest absolute Gasteiger partial charge is 0.271 e. The van der Waals surface area contributed by atoms with E-state index in [0.29, 0.717) is 10.7 Å². The second-order valence-corrected chi connectivity index (χ2v) is 10.1. The van der Waals surface area contributed by atoms with Gasteiger partial charge in [0.05, 0.1) is 39.2 Å². The first-order chi connectivity index (χ1) is 18.3. The Morgan fingerprint density at radius 1 is 0.947 bits per heavy atom. The molecule has 0 spiro atoms. The number of benzene rings is 3. The molecule has 2 saturated heterocycles. The standard InChI is InChI=1S/C27H18Cl2N4O5/c28-15-5-7-16(8-6-15)32-26(35)21-22(27(32)36)24(31-12-11-14-3-1-2-4-18(14)23(21)31)25(34)30-20-13-17(33(37)38)9-10-19(20)29/h1-13,21-24H,(H,30,34)/t21-,22-,23+,24+/m0/s1. The molecule has 38 heavy (non-hydrogen) atoms. The quantitative estimate of drug-likeness (QED) is 0.277. The molecule has 3 aliphatic rings. The van der Waals surface area contributed by atoms with E-state index < -0.39 is 46.6 Å². The number of fused-ring (bicyclic) bond motifs is 5. The van der Waals surface area contributed by atoms with Crippen LogP contribution in [0.25, 0.3) is 6.08 Å². The van der Waals surface area contributed by atoms with Gasteiger partial charge in [0.2, 0.25) is 17.7 Å². The summed E-state index contributed by atoms with van der Waals surface area (Å²) in [5.41, 5.74) is 1.87. The lowest BCUT2D eigenvalue weighted by Gasteiger charge is -2.35. The molecule has 0 bridgehead atoms. The van der Waals surface area contributed by atoms with Gasteiger partial charge in [0, 0.05) is 23.4 Å². The summed E-state index contributed by atoms with van der Waals surface area (Å²) in [4.78, 5) is 55.0. The van der Waals surface area contributed by atoms with Gasteiger partial charge in [-0.1, -0.05) is 47.5 Å². The Balaban J connectivity index is 1.43. The van der Waals surface area contributed by atoms with Crippen LogP contribution in [-0.2, 0) is 14.4 Å². The SMILES string of the molecule is O=C(Nc1cc([N+](=O)[O-])ccc1Cl)[C@H]1[C@H]2C(=O)N(c3ccc(Cl)cc3)C(=O)[C@@H]2[C@H]2c3ccccc3C=CN21. The van der Waals surface area contributed by atoms with Crippen LogP contribution in [0.15, 0.2) is 72.9 Å². The number of non-ortho nitro benzene ring substituents is 1. The average Bonchev–Trinajstić information content (AvgIpc) is 3.38. The minimum atomic E-state index is -1.07. The Hall–Kier alpha value is -4.21. The summed E-state index contributed by atoms with van der Waals surface area (Å²) in [6, 6.07) is 15.9. The van der Waals surface area contributed by atoms with Crippen molar-refractivity contribution in [3.63, 3.8) is 0 Å². The van der Waals surface area contributed by atoms with Crippen molar-refractivity contribution in [2.45, 2.75) is 12.1 Å². The van der Waals surface area contributed by atoms with Crippen LogP contribution in [0.2, 0.25) is 10.0 Å². The Morgan fingerprint density at radius 2 is 1.66 bits per heavy atom. The van der Waals surface area contributed by atoms with Crippen molar-refractivity contribution in [1.29, 1.82) is 0 Å². The summed E-state index contributed by atoms with van der Waals surface area (Å²) in [7, 11) is 0. The molecule has 3 heterocycles. The molecular formula is C27H18Cl2N4O5. The van der Waals surface area contributed by atoms with Crippen molar-refractivity contribution in [3.05, 3.63) is 104 Å². The first-order valence-electron chi connectivity index (χ1n) is 11.7. The van der Waals surface area contributed by atoms with Gasteiger partial charge in [0.1, 0.15) is 6.04 Å². The minimum Gasteiger partial charge on any atom is -0.357 e. The maximum atomic E-state index is 13.8. The monoisotopic (exact) mass is 548 g/mol. The van der Waals surface area contributed by atoms with E-state index in [4.69, 9.17) is 23.2 Å². The van der Waals surface area contributed by atoms with E-state index in [1.54, 1.807) is 35.4 Å². The molecule has 6 rings (SSSR count). The fraction of sp³-hybridized carbons (Fsp3) is 0.148. The zero-order valence-electron chi connectivity index (χ0n) is 19.5.